The second kappa shape index (κ2) is 11.1. The molecule has 104 valence electrons. The SMILES string of the molecule is C/C(N)=C(\C#N)C(N)=S.CC(C)=C(C#N)C(N)=S.N. The van der Waals surface area contributed by atoms with Gasteiger partial charge in [-0.25, -0.2) is 0 Å². The second-order valence-electron chi connectivity index (χ2n) is 3.39. The number of hydrogen-bond donors (Lipinski definition) is 4. The third kappa shape index (κ3) is 9.68. The lowest BCUT2D eigenvalue weighted by Crippen LogP contribution is -2.14. The summed E-state index contributed by atoms with van der Waals surface area (Å²) in [6.45, 7) is 5.19. The van der Waals surface area contributed by atoms with Crippen LogP contribution in [0, 0.1) is 22.7 Å². The van der Waals surface area contributed by atoms with Crippen molar-refractivity contribution in [3.8, 4) is 12.1 Å². The van der Waals surface area contributed by atoms with E-state index in [-0.39, 0.29) is 21.7 Å². The molecule has 0 saturated heterocycles. The summed E-state index contributed by atoms with van der Waals surface area (Å²) < 4.78 is 0. The number of hydrogen-bond acceptors (Lipinski definition) is 6. The minimum Gasteiger partial charge on any atom is -0.401 e. The average Bonchev–Trinajstić information content (AvgIpc) is 2.17. The normalized spacial score (nSPS) is 9.11. The molecule has 0 heterocycles. The van der Waals surface area contributed by atoms with Crippen LogP contribution in [0.3, 0.4) is 0 Å². The first-order chi connectivity index (χ1) is 8.18. The number of nitrogens with two attached hydrogens (primary N) is 3. The van der Waals surface area contributed by atoms with Gasteiger partial charge >= 0.3 is 0 Å². The maximum atomic E-state index is 8.39. The number of thiocarbonyl (C=S) groups is 2. The van der Waals surface area contributed by atoms with Gasteiger partial charge in [0.2, 0.25) is 0 Å². The zero-order valence-electron chi connectivity index (χ0n) is 11.2. The molecule has 6 nitrogen and oxygen atoms in total. The molecule has 9 N–H and O–H groups in total. The van der Waals surface area contributed by atoms with Gasteiger partial charge in [-0.2, -0.15) is 10.5 Å². The minimum absolute atomic E-state index is 0. The highest BCUT2D eigenvalue weighted by Gasteiger charge is 2.00. The Hall–Kier alpha value is -2.00. The maximum Gasteiger partial charge on any atom is 0.116 e. The van der Waals surface area contributed by atoms with E-state index in [1.54, 1.807) is 26.8 Å². The molecule has 0 radical (unpaired) electrons. The van der Waals surface area contributed by atoms with Gasteiger partial charge in [0.15, 0.2) is 0 Å². The van der Waals surface area contributed by atoms with E-state index in [0.717, 1.165) is 5.57 Å². The Morgan fingerprint density at radius 3 is 1.16 bits per heavy atom. The van der Waals surface area contributed by atoms with Crippen LogP contribution in [0.4, 0.5) is 0 Å². The van der Waals surface area contributed by atoms with E-state index in [1.807, 2.05) is 6.07 Å². The van der Waals surface area contributed by atoms with Crippen molar-refractivity contribution in [3.63, 3.8) is 0 Å². The fourth-order valence-electron chi connectivity index (χ4n) is 0.751. The van der Waals surface area contributed by atoms with Crippen LogP contribution in [-0.4, -0.2) is 9.98 Å². The molecule has 0 aromatic rings. The van der Waals surface area contributed by atoms with E-state index < -0.39 is 0 Å². The van der Waals surface area contributed by atoms with Crippen LogP contribution in [0.1, 0.15) is 20.8 Å². The predicted molar refractivity (Wildman–Crippen MR) is 85.1 cm³/mol. The van der Waals surface area contributed by atoms with Crippen LogP contribution in [-0.2, 0) is 0 Å². The summed E-state index contributed by atoms with van der Waals surface area (Å²) in [6, 6.07) is 3.70. The molecule has 0 unspecified atom stereocenters. The summed E-state index contributed by atoms with van der Waals surface area (Å²) in [7, 11) is 0. The van der Waals surface area contributed by atoms with Crippen LogP contribution < -0.4 is 23.4 Å². The van der Waals surface area contributed by atoms with E-state index >= 15 is 0 Å². The standard InChI is InChI=1S/C6H8N2S.C5H7N3S.H3N/c1-4(2)5(3-7)6(8)9;1-3(7)4(2-6)5(8)9;/h1-2H3,(H2,8,9);7H2,1H3,(H2,8,9);1H3/b;4-3-;. The minimum atomic E-state index is 0. The Bertz CT molecular complexity index is 436. The highest BCUT2D eigenvalue weighted by molar-refractivity contribution is 7.81. The zero-order chi connectivity index (χ0) is 14.9. The Kier molecular flexibility index (Phi) is 13.0. The summed E-state index contributed by atoms with van der Waals surface area (Å²) in [4.78, 5) is 0.231. The quantitative estimate of drug-likeness (QED) is 0.337. The molecule has 0 bridgehead atoms. The van der Waals surface area contributed by atoms with Crippen molar-refractivity contribution >= 4 is 34.4 Å². The van der Waals surface area contributed by atoms with Gasteiger partial charge < -0.3 is 23.4 Å². The molecule has 0 aromatic carbocycles. The van der Waals surface area contributed by atoms with Crippen molar-refractivity contribution in [2.24, 2.45) is 17.2 Å². The van der Waals surface area contributed by atoms with E-state index in [1.165, 1.54) is 0 Å². The van der Waals surface area contributed by atoms with Gasteiger partial charge in [-0.15, -0.1) is 0 Å². The first-order valence-corrected chi connectivity index (χ1v) is 5.54. The molecule has 0 aliphatic heterocycles. The second-order valence-corrected chi connectivity index (χ2v) is 4.26. The van der Waals surface area contributed by atoms with Crippen molar-refractivity contribution in [1.82, 2.24) is 6.15 Å². The Morgan fingerprint density at radius 2 is 1.16 bits per heavy atom. The van der Waals surface area contributed by atoms with Crippen LogP contribution in [0.15, 0.2) is 22.4 Å². The number of rotatable bonds is 2. The van der Waals surface area contributed by atoms with E-state index in [2.05, 4.69) is 24.4 Å². The summed E-state index contributed by atoms with van der Waals surface area (Å²) >= 11 is 9.10. The number of nitrogens with zero attached hydrogens (tertiary/aromatic N) is 2. The van der Waals surface area contributed by atoms with Crippen molar-refractivity contribution in [3.05, 3.63) is 22.4 Å². The fraction of sp³-hybridized carbons (Fsp3) is 0.273. The van der Waals surface area contributed by atoms with Gasteiger partial charge in [0, 0.05) is 5.70 Å². The number of allylic oxidation sites excluding steroid dienone is 2. The molecule has 19 heavy (non-hydrogen) atoms. The molecule has 0 saturated carbocycles. The van der Waals surface area contributed by atoms with E-state index in [9.17, 15) is 0 Å². The Labute approximate surface area is 124 Å². The van der Waals surface area contributed by atoms with Gasteiger partial charge in [0.1, 0.15) is 27.7 Å². The first kappa shape index (κ1) is 22.2. The molecule has 0 atom stereocenters. The first-order valence-electron chi connectivity index (χ1n) is 4.72. The van der Waals surface area contributed by atoms with E-state index in [4.69, 9.17) is 27.7 Å². The molecule has 0 fully saturated rings. The van der Waals surface area contributed by atoms with Crippen molar-refractivity contribution in [2.45, 2.75) is 20.8 Å². The number of nitriles is 2. The lowest BCUT2D eigenvalue weighted by molar-refractivity contribution is 1.29. The van der Waals surface area contributed by atoms with Crippen molar-refractivity contribution < 1.29 is 0 Å². The zero-order valence-corrected chi connectivity index (χ0v) is 12.8. The monoisotopic (exact) mass is 298 g/mol. The van der Waals surface area contributed by atoms with Crippen LogP contribution >= 0.6 is 24.4 Å². The molecule has 0 spiro atoms. The fourth-order valence-corrected chi connectivity index (χ4v) is 1.21. The van der Waals surface area contributed by atoms with Crippen molar-refractivity contribution in [2.75, 3.05) is 0 Å². The Morgan fingerprint density at radius 1 is 0.842 bits per heavy atom. The lowest BCUT2D eigenvalue weighted by Gasteiger charge is -1.94. The Balaban J connectivity index is -0.000000256. The summed E-state index contributed by atoms with van der Waals surface area (Å²) in [5.74, 6) is 0. The van der Waals surface area contributed by atoms with E-state index in [0.29, 0.717) is 11.3 Å². The van der Waals surface area contributed by atoms with Gasteiger partial charge in [-0.05, 0) is 20.8 Å². The molecule has 0 rings (SSSR count). The van der Waals surface area contributed by atoms with Crippen molar-refractivity contribution in [1.29, 1.82) is 10.5 Å². The van der Waals surface area contributed by atoms with Crippen LogP contribution in [0.25, 0.3) is 0 Å². The molecule has 0 amide bonds. The third-order valence-electron chi connectivity index (χ3n) is 1.61. The van der Waals surface area contributed by atoms with Crippen LogP contribution in [0.2, 0.25) is 0 Å². The third-order valence-corrected chi connectivity index (χ3v) is 2.02. The van der Waals surface area contributed by atoms with Gasteiger partial charge in [0.05, 0.1) is 5.57 Å². The largest absolute Gasteiger partial charge is 0.401 e. The molecular weight excluding hydrogens is 280 g/mol. The van der Waals surface area contributed by atoms with Gasteiger partial charge in [-0.1, -0.05) is 30.0 Å². The van der Waals surface area contributed by atoms with Gasteiger partial charge in [0.25, 0.3) is 0 Å². The highest BCUT2D eigenvalue weighted by atomic mass is 32.1. The summed E-state index contributed by atoms with van der Waals surface area (Å²) in [6.07, 6.45) is 0. The topological polar surface area (TPSA) is 161 Å². The molecule has 0 aliphatic carbocycles. The maximum absolute atomic E-state index is 8.39. The van der Waals surface area contributed by atoms with Crippen LogP contribution in [0.5, 0.6) is 0 Å². The molecular formula is C11H18N6S2. The summed E-state index contributed by atoms with van der Waals surface area (Å²) in [5.41, 5.74) is 17.4. The predicted octanol–water partition coefficient (Wildman–Crippen LogP) is 1.32. The molecule has 8 heteroatoms. The lowest BCUT2D eigenvalue weighted by atomic mass is 10.2. The highest BCUT2D eigenvalue weighted by Crippen LogP contribution is 2.00. The summed E-state index contributed by atoms with van der Waals surface area (Å²) in [5, 5.41) is 16.7. The molecule has 0 aromatic heterocycles. The average molecular weight is 298 g/mol. The van der Waals surface area contributed by atoms with Gasteiger partial charge in [-0.3, -0.25) is 0 Å². The smallest absolute Gasteiger partial charge is 0.116 e. The molecule has 0 aliphatic rings.